The molecule has 0 saturated carbocycles. The number of rotatable bonds is 8. The van der Waals surface area contributed by atoms with Gasteiger partial charge < -0.3 is 5.32 Å². The topological polar surface area (TPSA) is 121 Å². The predicted octanol–water partition coefficient (Wildman–Crippen LogP) is 5.47. The molecule has 0 heterocycles. The van der Waals surface area contributed by atoms with E-state index in [-0.39, 0.29) is 15.4 Å². The smallest absolute Gasteiger partial charge is 0.262 e. The predicted molar refractivity (Wildman–Crippen MR) is 150 cm³/mol. The Morgan fingerprint density at radius 3 is 1.97 bits per heavy atom. The number of carbonyl (C=O) groups is 1. The Labute approximate surface area is 222 Å². The monoisotopic (exact) mass is 549 g/mol. The summed E-state index contributed by atoms with van der Waals surface area (Å²) < 4.78 is 56.6. The van der Waals surface area contributed by atoms with Gasteiger partial charge in [-0.15, -0.1) is 0 Å². The molecular weight excluding hydrogens is 522 g/mol. The molecule has 4 rings (SSSR count). The Bertz CT molecular complexity index is 1700. The molecule has 0 aliphatic rings. The SMILES string of the molecule is Cc1ccc(NS(=O)(=O)c2ccc(NC(=O)c3ccc(C)c(S(=O)(=O)Nc4ccccc4)c3)cc2)c(C)c1. The lowest BCUT2D eigenvalue weighted by Gasteiger charge is -2.13. The van der Waals surface area contributed by atoms with Crippen LogP contribution in [0.25, 0.3) is 0 Å². The van der Waals surface area contributed by atoms with Crippen molar-refractivity contribution in [3.05, 3.63) is 113 Å². The first-order valence-electron chi connectivity index (χ1n) is 11.6. The van der Waals surface area contributed by atoms with Crippen LogP contribution in [0.2, 0.25) is 0 Å². The lowest BCUT2D eigenvalue weighted by Crippen LogP contribution is -2.17. The molecule has 0 bridgehead atoms. The molecule has 0 aliphatic heterocycles. The average molecular weight is 550 g/mol. The number of hydrogen-bond donors (Lipinski definition) is 3. The molecule has 3 N–H and O–H groups in total. The van der Waals surface area contributed by atoms with Crippen LogP contribution >= 0.6 is 0 Å². The standard InChI is InChI=1S/C28H27N3O5S2/c1-19-9-16-26(21(3)17-19)31-37(33,34)25-14-12-23(13-15-25)29-28(32)22-11-10-20(2)27(18-22)38(35,36)30-24-7-5-4-6-8-24/h4-18,30-31H,1-3H3,(H,29,32). The molecule has 1 amide bonds. The second-order valence-corrected chi connectivity index (χ2v) is 12.2. The van der Waals surface area contributed by atoms with Gasteiger partial charge in [0, 0.05) is 16.9 Å². The van der Waals surface area contributed by atoms with Gasteiger partial charge in [0.2, 0.25) is 0 Å². The lowest BCUT2D eigenvalue weighted by atomic mass is 10.1. The second kappa shape index (κ2) is 10.7. The molecule has 0 aliphatic carbocycles. The fraction of sp³-hybridized carbons (Fsp3) is 0.107. The van der Waals surface area contributed by atoms with Crippen LogP contribution < -0.4 is 14.8 Å². The number of anilines is 3. The van der Waals surface area contributed by atoms with E-state index in [2.05, 4.69) is 14.8 Å². The number of para-hydroxylation sites is 1. The van der Waals surface area contributed by atoms with E-state index in [4.69, 9.17) is 0 Å². The number of hydrogen-bond acceptors (Lipinski definition) is 5. The van der Waals surface area contributed by atoms with E-state index in [9.17, 15) is 21.6 Å². The molecule has 0 atom stereocenters. The zero-order valence-corrected chi connectivity index (χ0v) is 22.7. The largest absolute Gasteiger partial charge is 0.322 e. The summed E-state index contributed by atoms with van der Waals surface area (Å²) in [5, 5.41) is 2.68. The molecule has 10 heteroatoms. The Morgan fingerprint density at radius 2 is 1.32 bits per heavy atom. The number of aryl methyl sites for hydroxylation is 3. The second-order valence-electron chi connectivity index (χ2n) is 8.85. The zero-order valence-electron chi connectivity index (χ0n) is 21.0. The Hall–Kier alpha value is -4.15. The summed E-state index contributed by atoms with van der Waals surface area (Å²) in [4.78, 5) is 12.9. The highest BCUT2D eigenvalue weighted by Crippen LogP contribution is 2.24. The van der Waals surface area contributed by atoms with Gasteiger partial charge in [-0.1, -0.05) is 42.0 Å². The van der Waals surface area contributed by atoms with Crippen molar-refractivity contribution in [1.29, 1.82) is 0 Å². The summed E-state index contributed by atoms with van der Waals surface area (Å²) in [6.07, 6.45) is 0. The zero-order chi connectivity index (χ0) is 27.5. The number of amides is 1. The van der Waals surface area contributed by atoms with Crippen molar-refractivity contribution in [3.63, 3.8) is 0 Å². The normalized spacial score (nSPS) is 11.6. The van der Waals surface area contributed by atoms with Crippen molar-refractivity contribution in [1.82, 2.24) is 0 Å². The van der Waals surface area contributed by atoms with Gasteiger partial charge in [0.05, 0.1) is 15.5 Å². The molecule has 38 heavy (non-hydrogen) atoms. The minimum Gasteiger partial charge on any atom is -0.322 e. The van der Waals surface area contributed by atoms with Crippen LogP contribution in [0.5, 0.6) is 0 Å². The van der Waals surface area contributed by atoms with Gasteiger partial charge in [0.25, 0.3) is 26.0 Å². The number of nitrogens with one attached hydrogen (secondary N) is 3. The highest BCUT2D eigenvalue weighted by atomic mass is 32.2. The van der Waals surface area contributed by atoms with E-state index in [0.29, 0.717) is 22.6 Å². The van der Waals surface area contributed by atoms with E-state index in [0.717, 1.165) is 11.1 Å². The molecule has 0 unspecified atom stereocenters. The van der Waals surface area contributed by atoms with E-state index in [1.807, 2.05) is 26.0 Å². The molecule has 4 aromatic rings. The van der Waals surface area contributed by atoms with Crippen molar-refractivity contribution < 1.29 is 21.6 Å². The summed E-state index contributed by atoms with van der Waals surface area (Å²) in [5.74, 6) is -0.537. The molecular formula is C28H27N3O5S2. The highest BCUT2D eigenvalue weighted by molar-refractivity contribution is 7.93. The van der Waals surface area contributed by atoms with Crippen LogP contribution in [0.1, 0.15) is 27.0 Å². The maximum absolute atomic E-state index is 12.9. The average Bonchev–Trinajstić information content (AvgIpc) is 2.86. The third kappa shape index (κ3) is 6.21. The molecule has 0 saturated heterocycles. The summed E-state index contributed by atoms with van der Waals surface area (Å²) in [6.45, 7) is 5.39. The minimum absolute atomic E-state index is 0.0204. The van der Waals surface area contributed by atoms with Crippen molar-refractivity contribution in [2.45, 2.75) is 30.6 Å². The molecule has 0 spiro atoms. The van der Waals surface area contributed by atoms with Crippen LogP contribution in [0.4, 0.5) is 17.1 Å². The maximum Gasteiger partial charge on any atom is 0.262 e. The van der Waals surface area contributed by atoms with Crippen LogP contribution in [0, 0.1) is 20.8 Å². The maximum atomic E-state index is 12.9. The van der Waals surface area contributed by atoms with Crippen LogP contribution in [-0.2, 0) is 20.0 Å². The van der Waals surface area contributed by atoms with Gasteiger partial charge in [-0.2, -0.15) is 0 Å². The van der Waals surface area contributed by atoms with E-state index < -0.39 is 26.0 Å². The summed E-state index contributed by atoms with van der Waals surface area (Å²) >= 11 is 0. The van der Waals surface area contributed by atoms with Crippen molar-refractivity contribution >= 4 is 43.0 Å². The quantitative estimate of drug-likeness (QED) is 0.269. The fourth-order valence-electron chi connectivity index (χ4n) is 3.80. The molecule has 0 radical (unpaired) electrons. The van der Waals surface area contributed by atoms with Crippen molar-refractivity contribution in [2.24, 2.45) is 0 Å². The number of benzene rings is 4. The fourth-order valence-corrected chi connectivity index (χ4v) is 6.26. The molecule has 0 aromatic heterocycles. The van der Waals surface area contributed by atoms with E-state index in [1.165, 1.54) is 36.4 Å². The molecule has 8 nitrogen and oxygen atoms in total. The van der Waals surface area contributed by atoms with Crippen LogP contribution in [-0.4, -0.2) is 22.7 Å². The van der Waals surface area contributed by atoms with Gasteiger partial charge in [-0.3, -0.25) is 14.2 Å². The van der Waals surface area contributed by atoms with E-state index >= 15 is 0 Å². The minimum atomic E-state index is -3.93. The Kier molecular flexibility index (Phi) is 7.56. The lowest BCUT2D eigenvalue weighted by molar-refractivity contribution is 0.102. The van der Waals surface area contributed by atoms with E-state index in [1.54, 1.807) is 49.4 Å². The van der Waals surface area contributed by atoms with Gasteiger partial charge in [0.15, 0.2) is 0 Å². The summed E-state index contributed by atoms with van der Waals surface area (Å²) in [7, 11) is -7.76. The summed E-state index contributed by atoms with van der Waals surface area (Å²) in [6, 6.07) is 24.0. The van der Waals surface area contributed by atoms with Crippen molar-refractivity contribution in [2.75, 3.05) is 14.8 Å². The van der Waals surface area contributed by atoms with Crippen molar-refractivity contribution in [3.8, 4) is 0 Å². The van der Waals surface area contributed by atoms with Gasteiger partial charge >= 0.3 is 0 Å². The van der Waals surface area contributed by atoms with Gasteiger partial charge in [0.1, 0.15) is 0 Å². The number of carbonyl (C=O) groups excluding carboxylic acids is 1. The first-order valence-corrected chi connectivity index (χ1v) is 14.6. The first-order chi connectivity index (χ1) is 17.9. The number of sulfonamides is 2. The van der Waals surface area contributed by atoms with Gasteiger partial charge in [-0.25, -0.2) is 16.8 Å². The first kappa shape index (κ1) is 26.9. The Morgan fingerprint density at radius 1 is 0.632 bits per heavy atom. The summed E-state index contributed by atoms with van der Waals surface area (Å²) in [5.41, 5.74) is 3.69. The van der Waals surface area contributed by atoms with Gasteiger partial charge in [-0.05, 0) is 86.5 Å². The molecule has 4 aromatic carbocycles. The molecule has 196 valence electrons. The van der Waals surface area contributed by atoms with Crippen LogP contribution in [0.15, 0.2) is 101 Å². The Balaban J connectivity index is 1.50. The third-order valence-electron chi connectivity index (χ3n) is 5.81. The third-order valence-corrected chi connectivity index (χ3v) is 8.72. The molecule has 0 fully saturated rings. The highest BCUT2D eigenvalue weighted by Gasteiger charge is 2.20. The van der Waals surface area contributed by atoms with Crippen LogP contribution in [0.3, 0.4) is 0 Å².